The first-order chi connectivity index (χ1) is 13.8. The highest BCUT2D eigenvalue weighted by molar-refractivity contribution is 7.92. The number of aryl methyl sites for hydroxylation is 1. The molecular formula is C21H21ClN4O2S. The number of benzene rings is 2. The monoisotopic (exact) mass is 428 g/mol. The molecule has 4 aromatic rings. The van der Waals surface area contributed by atoms with Crippen molar-refractivity contribution in [3.63, 3.8) is 0 Å². The van der Waals surface area contributed by atoms with Crippen molar-refractivity contribution in [1.29, 1.82) is 0 Å². The lowest BCUT2D eigenvalue weighted by Crippen LogP contribution is -2.09. The minimum absolute atomic E-state index is 0.00293. The van der Waals surface area contributed by atoms with E-state index in [9.17, 15) is 8.42 Å². The predicted octanol–water partition coefficient (Wildman–Crippen LogP) is 4.70. The van der Waals surface area contributed by atoms with Gasteiger partial charge in [-0.15, -0.1) is 0 Å². The topological polar surface area (TPSA) is 90.9 Å². The molecule has 0 amide bonds. The molecule has 8 heteroatoms. The molecule has 0 spiro atoms. The zero-order chi connectivity index (χ0) is 20.8. The van der Waals surface area contributed by atoms with Crippen LogP contribution in [0.3, 0.4) is 0 Å². The van der Waals surface area contributed by atoms with Gasteiger partial charge in [0.05, 0.1) is 15.9 Å². The van der Waals surface area contributed by atoms with Crippen LogP contribution in [0.1, 0.15) is 20.3 Å². The third kappa shape index (κ3) is 3.45. The van der Waals surface area contributed by atoms with E-state index in [-0.39, 0.29) is 15.6 Å². The van der Waals surface area contributed by atoms with Crippen molar-refractivity contribution < 1.29 is 8.42 Å². The summed E-state index contributed by atoms with van der Waals surface area (Å²) in [5.74, 6) is 0.586. The number of anilines is 1. The number of fused-ring (bicyclic) bond motifs is 2. The maximum atomic E-state index is 13.5. The Morgan fingerprint density at radius 1 is 1.03 bits per heavy atom. The van der Waals surface area contributed by atoms with Crippen LogP contribution in [0.2, 0.25) is 5.02 Å². The number of sulfone groups is 1. The first kappa shape index (κ1) is 19.7. The molecule has 0 unspecified atom stereocenters. The standard InChI is InChI=1S/C21H21ClN4O2S/c1-13(2)11-12-26-20(23)19(29(27,28)15-9-7-14(22)8-10-15)18-21(26)25-17-6-4-3-5-16(17)24-18/h3-10,13H,11-12,23H2,1-2H3. The molecule has 0 bridgehead atoms. The number of nitrogens with two attached hydrogens (primary N) is 1. The fourth-order valence-corrected chi connectivity index (χ4v) is 4.93. The molecule has 4 rings (SSSR count). The van der Waals surface area contributed by atoms with Gasteiger partial charge in [0.1, 0.15) is 16.2 Å². The second kappa shape index (κ2) is 7.31. The molecule has 0 saturated heterocycles. The van der Waals surface area contributed by atoms with Gasteiger partial charge >= 0.3 is 0 Å². The van der Waals surface area contributed by atoms with Crippen LogP contribution >= 0.6 is 11.6 Å². The van der Waals surface area contributed by atoms with Crippen LogP contribution < -0.4 is 5.73 Å². The van der Waals surface area contributed by atoms with E-state index in [2.05, 4.69) is 18.8 Å². The average molecular weight is 429 g/mol. The third-order valence-corrected chi connectivity index (χ3v) is 6.95. The molecule has 2 aromatic carbocycles. The van der Waals surface area contributed by atoms with Crippen molar-refractivity contribution in [2.24, 2.45) is 5.92 Å². The number of aromatic nitrogens is 3. The number of nitrogens with zero attached hydrogens (tertiary/aromatic N) is 3. The largest absolute Gasteiger partial charge is 0.384 e. The summed E-state index contributed by atoms with van der Waals surface area (Å²) in [4.78, 5) is 9.43. The Kier molecular flexibility index (Phi) is 4.96. The number of nitrogen functional groups attached to an aromatic ring is 1. The van der Waals surface area contributed by atoms with Gasteiger partial charge in [-0.3, -0.25) is 0 Å². The molecule has 2 heterocycles. The number of hydrogen-bond donors (Lipinski definition) is 1. The lowest BCUT2D eigenvalue weighted by molar-refractivity contribution is 0.525. The first-order valence-electron chi connectivity index (χ1n) is 9.34. The highest BCUT2D eigenvalue weighted by atomic mass is 35.5. The van der Waals surface area contributed by atoms with E-state index in [1.165, 1.54) is 12.1 Å². The second-order valence-electron chi connectivity index (χ2n) is 7.39. The van der Waals surface area contributed by atoms with Crippen LogP contribution in [0.4, 0.5) is 5.82 Å². The zero-order valence-corrected chi connectivity index (χ0v) is 17.7. The third-order valence-electron chi connectivity index (χ3n) is 4.87. The molecule has 0 aliphatic carbocycles. The molecule has 6 nitrogen and oxygen atoms in total. The van der Waals surface area contributed by atoms with Gasteiger partial charge in [-0.1, -0.05) is 37.6 Å². The van der Waals surface area contributed by atoms with E-state index in [1.807, 2.05) is 24.3 Å². The van der Waals surface area contributed by atoms with Gasteiger partial charge in [0.25, 0.3) is 0 Å². The number of halogens is 1. The summed E-state index contributed by atoms with van der Waals surface area (Å²) < 4.78 is 28.7. The molecule has 150 valence electrons. The van der Waals surface area contributed by atoms with E-state index >= 15 is 0 Å². The van der Waals surface area contributed by atoms with Gasteiger partial charge in [0.2, 0.25) is 9.84 Å². The molecule has 29 heavy (non-hydrogen) atoms. The van der Waals surface area contributed by atoms with Crippen LogP contribution in [-0.4, -0.2) is 23.0 Å². The van der Waals surface area contributed by atoms with Crippen molar-refractivity contribution in [1.82, 2.24) is 14.5 Å². The normalized spacial score (nSPS) is 12.3. The summed E-state index contributed by atoms with van der Waals surface area (Å²) in [6, 6.07) is 13.4. The molecular weight excluding hydrogens is 408 g/mol. The van der Waals surface area contributed by atoms with Crippen molar-refractivity contribution in [2.45, 2.75) is 36.6 Å². The number of para-hydroxylation sites is 2. The molecule has 2 N–H and O–H groups in total. The SMILES string of the molecule is CC(C)CCn1c(N)c(S(=O)(=O)c2ccc(Cl)cc2)c2nc3ccccc3nc21. The van der Waals surface area contributed by atoms with Crippen LogP contribution in [0.25, 0.3) is 22.2 Å². The van der Waals surface area contributed by atoms with Crippen LogP contribution in [-0.2, 0) is 16.4 Å². The predicted molar refractivity (Wildman–Crippen MR) is 116 cm³/mol. The van der Waals surface area contributed by atoms with Crippen LogP contribution in [0.15, 0.2) is 58.3 Å². The maximum Gasteiger partial charge on any atom is 0.212 e. The van der Waals surface area contributed by atoms with Crippen LogP contribution in [0, 0.1) is 5.92 Å². The van der Waals surface area contributed by atoms with Gasteiger partial charge in [0, 0.05) is 11.6 Å². The molecule has 0 aliphatic heterocycles. The summed E-state index contributed by atoms with van der Waals surface area (Å²) in [6.45, 7) is 4.77. The fourth-order valence-electron chi connectivity index (χ4n) is 3.30. The Morgan fingerprint density at radius 2 is 1.66 bits per heavy atom. The zero-order valence-electron chi connectivity index (χ0n) is 16.1. The molecule has 0 radical (unpaired) electrons. The summed E-state index contributed by atoms with van der Waals surface area (Å²) in [5.41, 5.74) is 8.48. The van der Waals surface area contributed by atoms with Crippen molar-refractivity contribution in [2.75, 3.05) is 5.73 Å². The van der Waals surface area contributed by atoms with Gasteiger partial charge in [-0.05, 0) is 48.7 Å². The minimum atomic E-state index is -3.91. The highest BCUT2D eigenvalue weighted by Crippen LogP contribution is 2.35. The van der Waals surface area contributed by atoms with Crippen molar-refractivity contribution >= 4 is 49.5 Å². The van der Waals surface area contributed by atoms with E-state index in [0.717, 1.165) is 6.42 Å². The Balaban J connectivity index is 2.03. The van der Waals surface area contributed by atoms with E-state index in [4.69, 9.17) is 22.3 Å². The van der Waals surface area contributed by atoms with Gasteiger partial charge in [-0.2, -0.15) is 0 Å². The Labute approximate surface area is 174 Å². The molecule has 0 atom stereocenters. The summed E-state index contributed by atoms with van der Waals surface area (Å²) in [5, 5.41) is 0.460. The van der Waals surface area contributed by atoms with Gasteiger partial charge in [0.15, 0.2) is 5.65 Å². The van der Waals surface area contributed by atoms with Gasteiger partial charge in [-0.25, -0.2) is 18.4 Å². The lowest BCUT2D eigenvalue weighted by Gasteiger charge is -2.10. The molecule has 0 fully saturated rings. The fraction of sp³-hybridized carbons (Fsp3) is 0.238. The Hall–Kier alpha value is -2.64. The molecule has 0 saturated carbocycles. The van der Waals surface area contributed by atoms with E-state index in [1.54, 1.807) is 16.7 Å². The minimum Gasteiger partial charge on any atom is -0.384 e. The van der Waals surface area contributed by atoms with Crippen LogP contribution in [0.5, 0.6) is 0 Å². The average Bonchev–Trinajstić information content (AvgIpc) is 2.95. The van der Waals surface area contributed by atoms with Gasteiger partial charge < -0.3 is 10.3 Å². The molecule has 0 aliphatic rings. The van der Waals surface area contributed by atoms with Crippen molar-refractivity contribution in [3.8, 4) is 0 Å². The van der Waals surface area contributed by atoms with Crippen molar-refractivity contribution in [3.05, 3.63) is 53.6 Å². The summed E-state index contributed by atoms with van der Waals surface area (Å²) >= 11 is 5.93. The number of rotatable bonds is 5. The maximum absolute atomic E-state index is 13.5. The summed E-state index contributed by atoms with van der Waals surface area (Å²) in [7, 11) is -3.91. The highest BCUT2D eigenvalue weighted by Gasteiger charge is 2.30. The second-order valence-corrected chi connectivity index (χ2v) is 9.71. The first-order valence-corrected chi connectivity index (χ1v) is 11.2. The lowest BCUT2D eigenvalue weighted by atomic mass is 10.1. The molecule has 2 aromatic heterocycles. The van der Waals surface area contributed by atoms with E-state index < -0.39 is 9.84 Å². The smallest absolute Gasteiger partial charge is 0.212 e. The van der Waals surface area contributed by atoms with E-state index in [0.29, 0.717) is 39.7 Å². The quantitative estimate of drug-likeness (QED) is 0.497. The number of hydrogen-bond acceptors (Lipinski definition) is 5. The summed E-state index contributed by atoms with van der Waals surface area (Å²) in [6.07, 6.45) is 0.836. The Bertz CT molecular complexity index is 1310. The Morgan fingerprint density at radius 3 is 2.28 bits per heavy atom.